The van der Waals surface area contributed by atoms with E-state index in [1.807, 2.05) is 13.8 Å². The van der Waals surface area contributed by atoms with Crippen LogP contribution in [0.5, 0.6) is 0 Å². The summed E-state index contributed by atoms with van der Waals surface area (Å²) in [6.45, 7) is 11.2. The molecule has 1 saturated heterocycles. The average molecular weight is 681 g/mol. The van der Waals surface area contributed by atoms with Gasteiger partial charge in [-0.1, -0.05) is 39.3 Å². The lowest BCUT2D eigenvalue weighted by atomic mass is 9.33. The number of rotatable bonds is 4. The maximum atomic E-state index is 14.2. The zero-order chi connectivity index (χ0) is 35.6. The standard InChI is InChI=1S/C36H56O12/c1-17-23-18-7-8-21-31(2)15-19(38)27(42)35(6,30(45)48-28-26(41)25(40)24(39)20(16-37)47-28)22(31)9-10-33(21,4)32(18,3)11-13-36(23,29(43)44)14-12-34(17,5)46/h7,17,19-28,37-42,46H,8-16H2,1-6H3,(H,43,44)/t17-,19-,20+,21-,22+,23+,24+,25+,26+,27+,28+,31-,32-,33-,34+,35-,36-/m1/s1. The average Bonchev–Trinajstić information content (AvgIpc) is 3.02. The highest BCUT2D eigenvalue weighted by Gasteiger charge is 2.73. The number of carboxylic acid groups (broad SMARTS) is 1. The van der Waals surface area contributed by atoms with Crippen LogP contribution in [0.3, 0.4) is 0 Å². The van der Waals surface area contributed by atoms with Crippen molar-refractivity contribution in [1.82, 2.24) is 0 Å². The van der Waals surface area contributed by atoms with Crippen LogP contribution in [-0.4, -0.2) is 108 Å². The van der Waals surface area contributed by atoms with E-state index in [0.717, 1.165) is 5.57 Å². The highest BCUT2D eigenvalue weighted by molar-refractivity contribution is 5.79. The number of carbonyl (C=O) groups excluding carboxylic acids is 1. The highest BCUT2D eigenvalue weighted by Crippen LogP contribution is 2.76. The summed E-state index contributed by atoms with van der Waals surface area (Å²) < 4.78 is 11.1. The molecule has 1 aliphatic heterocycles. The first-order valence-electron chi connectivity index (χ1n) is 17.7. The van der Waals surface area contributed by atoms with Crippen molar-refractivity contribution < 1.29 is 59.9 Å². The number of fused-ring (bicyclic) bond motifs is 7. The first-order chi connectivity index (χ1) is 22.2. The number of carbonyl (C=O) groups is 2. The predicted octanol–water partition coefficient (Wildman–Crippen LogP) is 1.50. The fourth-order valence-corrected chi connectivity index (χ4v) is 12.3. The Morgan fingerprint density at radius 1 is 0.917 bits per heavy atom. The largest absolute Gasteiger partial charge is 0.481 e. The van der Waals surface area contributed by atoms with Crippen molar-refractivity contribution in [2.75, 3.05) is 6.61 Å². The van der Waals surface area contributed by atoms with Crippen molar-refractivity contribution in [1.29, 1.82) is 0 Å². The first-order valence-corrected chi connectivity index (χ1v) is 17.7. The number of hydrogen-bond acceptors (Lipinski definition) is 11. The van der Waals surface area contributed by atoms with Crippen molar-refractivity contribution in [3.8, 4) is 0 Å². The fraction of sp³-hybridized carbons (Fsp3) is 0.889. The van der Waals surface area contributed by atoms with Gasteiger partial charge in [-0.25, -0.2) is 0 Å². The molecule has 0 amide bonds. The number of esters is 1. The van der Waals surface area contributed by atoms with Crippen LogP contribution < -0.4 is 0 Å². The van der Waals surface area contributed by atoms with Gasteiger partial charge in [0.05, 0.1) is 35.2 Å². The van der Waals surface area contributed by atoms with Crippen LogP contribution in [0.4, 0.5) is 0 Å². The van der Waals surface area contributed by atoms with E-state index in [1.54, 1.807) is 6.92 Å². The summed E-state index contributed by atoms with van der Waals surface area (Å²) in [6, 6.07) is 0. The summed E-state index contributed by atoms with van der Waals surface area (Å²) in [4.78, 5) is 27.2. The quantitative estimate of drug-likeness (QED) is 0.157. The van der Waals surface area contributed by atoms with Crippen LogP contribution in [0.1, 0.15) is 92.9 Å². The van der Waals surface area contributed by atoms with Gasteiger partial charge in [-0.2, -0.15) is 0 Å². The molecule has 6 aliphatic rings. The number of hydrogen-bond donors (Lipinski definition) is 8. The molecule has 12 nitrogen and oxygen atoms in total. The number of carboxylic acids is 1. The van der Waals surface area contributed by atoms with Gasteiger partial charge in [0.15, 0.2) is 0 Å². The van der Waals surface area contributed by atoms with Gasteiger partial charge in [0, 0.05) is 5.92 Å². The van der Waals surface area contributed by atoms with Gasteiger partial charge in [-0.05, 0) is 99.2 Å². The van der Waals surface area contributed by atoms with Gasteiger partial charge < -0.3 is 50.3 Å². The Morgan fingerprint density at radius 3 is 2.19 bits per heavy atom. The normalized spacial score (nSPS) is 56.4. The molecular weight excluding hydrogens is 624 g/mol. The molecule has 0 aromatic rings. The van der Waals surface area contributed by atoms with E-state index in [4.69, 9.17) is 9.47 Å². The lowest BCUT2D eigenvalue weighted by Gasteiger charge is -2.71. The van der Waals surface area contributed by atoms with Crippen LogP contribution in [0.25, 0.3) is 0 Å². The summed E-state index contributed by atoms with van der Waals surface area (Å²) in [6.07, 6.45) is -4.82. The number of aliphatic hydroxyl groups excluding tert-OH is 6. The molecule has 4 saturated carbocycles. The van der Waals surface area contributed by atoms with Crippen LogP contribution in [0.2, 0.25) is 0 Å². The number of aliphatic carboxylic acids is 1. The summed E-state index contributed by atoms with van der Waals surface area (Å²) in [5, 5.41) is 85.8. The number of aliphatic hydroxyl groups is 7. The summed E-state index contributed by atoms with van der Waals surface area (Å²) in [5.41, 5.74) is -3.94. The third-order valence-electron chi connectivity index (χ3n) is 15.6. The van der Waals surface area contributed by atoms with Gasteiger partial charge in [-0.3, -0.25) is 9.59 Å². The summed E-state index contributed by atoms with van der Waals surface area (Å²) >= 11 is 0. The Labute approximate surface area is 282 Å². The minimum atomic E-state index is -1.81. The molecule has 48 heavy (non-hydrogen) atoms. The maximum Gasteiger partial charge on any atom is 0.317 e. The van der Waals surface area contributed by atoms with Gasteiger partial charge in [0.1, 0.15) is 24.4 Å². The van der Waals surface area contributed by atoms with Crippen LogP contribution in [0.15, 0.2) is 11.6 Å². The molecule has 0 bridgehead atoms. The van der Waals surface area contributed by atoms with E-state index in [9.17, 15) is 50.4 Å². The van der Waals surface area contributed by atoms with Crippen molar-refractivity contribution >= 4 is 11.9 Å². The lowest BCUT2D eigenvalue weighted by molar-refractivity contribution is -0.303. The van der Waals surface area contributed by atoms with Crippen molar-refractivity contribution in [2.45, 2.75) is 141 Å². The Balaban J connectivity index is 1.37. The topological polar surface area (TPSA) is 214 Å². The molecule has 272 valence electrons. The summed E-state index contributed by atoms with van der Waals surface area (Å²) in [7, 11) is 0. The van der Waals surface area contributed by atoms with Crippen molar-refractivity contribution in [3.63, 3.8) is 0 Å². The Morgan fingerprint density at radius 2 is 1.56 bits per heavy atom. The van der Waals surface area contributed by atoms with E-state index in [-0.39, 0.29) is 29.6 Å². The van der Waals surface area contributed by atoms with Gasteiger partial charge in [0.2, 0.25) is 6.29 Å². The second kappa shape index (κ2) is 11.4. The third-order valence-corrected chi connectivity index (χ3v) is 15.6. The second-order valence-electron chi connectivity index (χ2n) is 17.5. The molecule has 8 N–H and O–H groups in total. The molecule has 0 unspecified atom stereocenters. The van der Waals surface area contributed by atoms with E-state index in [2.05, 4.69) is 26.8 Å². The first kappa shape index (κ1) is 36.2. The Kier molecular flexibility index (Phi) is 8.61. The Bertz CT molecular complexity index is 1350. The minimum Gasteiger partial charge on any atom is -0.481 e. The van der Waals surface area contributed by atoms with E-state index < -0.39 is 94.6 Å². The third kappa shape index (κ3) is 4.55. The molecular formula is C36H56O12. The van der Waals surface area contributed by atoms with Crippen molar-refractivity contribution in [2.24, 2.45) is 50.7 Å². The van der Waals surface area contributed by atoms with Gasteiger partial charge in [-0.15, -0.1) is 0 Å². The van der Waals surface area contributed by atoms with Crippen LogP contribution in [0, 0.1) is 50.7 Å². The maximum absolute atomic E-state index is 14.2. The van der Waals surface area contributed by atoms with E-state index in [1.165, 1.54) is 0 Å². The number of ether oxygens (including phenoxy) is 2. The molecule has 0 spiro atoms. The molecule has 12 heteroatoms. The van der Waals surface area contributed by atoms with Gasteiger partial charge >= 0.3 is 11.9 Å². The zero-order valence-electron chi connectivity index (χ0n) is 29.0. The number of allylic oxidation sites excluding steroid dienone is 2. The Hall–Kier alpha value is -1.64. The molecule has 6 rings (SSSR count). The summed E-state index contributed by atoms with van der Waals surface area (Å²) in [5.74, 6) is -2.85. The lowest BCUT2D eigenvalue weighted by Crippen LogP contribution is -2.70. The highest BCUT2D eigenvalue weighted by atomic mass is 16.7. The van der Waals surface area contributed by atoms with Crippen molar-refractivity contribution in [3.05, 3.63) is 11.6 Å². The molecule has 17 atom stereocenters. The van der Waals surface area contributed by atoms with Crippen LogP contribution >= 0.6 is 0 Å². The molecule has 0 radical (unpaired) electrons. The van der Waals surface area contributed by atoms with E-state index >= 15 is 0 Å². The van der Waals surface area contributed by atoms with E-state index in [0.29, 0.717) is 44.9 Å². The smallest absolute Gasteiger partial charge is 0.317 e. The zero-order valence-corrected chi connectivity index (χ0v) is 29.0. The molecule has 5 fully saturated rings. The SMILES string of the molecule is C[C@@H]1[C@H]2C3=CC[C@@H]4[C@@]5(C)C[C@@H](O)[C@H](O)[C@](C)(C(=O)O[C@@H]6O[C@@H](CO)[C@H](O)[C@H](O)[C@@H]6O)[C@H]5CC[C@@]4(C)[C@]3(C)CC[C@@]2(C(=O)O)CC[C@]1(C)O. The monoisotopic (exact) mass is 680 g/mol. The fourth-order valence-electron chi connectivity index (χ4n) is 12.3. The molecule has 0 aromatic carbocycles. The minimum absolute atomic E-state index is 0.0595. The second-order valence-corrected chi connectivity index (χ2v) is 17.5. The predicted molar refractivity (Wildman–Crippen MR) is 170 cm³/mol. The van der Waals surface area contributed by atoms with Gasteiger partial charge in [0.25, 0.3) is 0 Å². The molecule has 0 aromatic heterocycles. The molecule has 1 heterocycles. The van der Waals surface area contributed by atoms with Crippen LogP contribution in [-0.2, 0) is 19.1 Å². The molecule has 5 aliphatic carbocycles.